The first-order valence-electron chi connectivity index (χ1n) is 7.52. The molecule has 0 heterocycles. The molecule has 0 aliphatic carbocycles. The number of benzene rings is 2. The molecule has 0 unspecified atom stereocenters. The highest BCUT2D eigenvalue weighted by atomic mass is 19.1. The average Bonchev–Trinajstić information content (AvgIpc) is 2.53. The molecule has 2 aromatic rings. The Labute approximate surface area is 139 Å². The van der Waals surface area contributed by atoms with Gasteiger partial charge in [-0.05, 0) is 48.4 Å². The molecule has 5 nitrogen and oxygen atoms in total. The van der Waals surface area contributed by atoms with Crippen molar-refractivity contribution in [3.63, 3.8) is 0 Å². The van der Waals surface area contributed by atoms with Crippen LogP contribution in [0.15, 0.2) is 48.5 Å². The first kappa shape index (κ1) is 17.5. The summed E-state index contributed by atoms with van der Waals surface area (Å²) in [7, 11) is 0. The number of aliphatic carboxylic acids is 1. The predicted molar refractivity (Wildman–Crippen MR) is 87.5 cm³/mol. The molecule has 0 saturated heterocycles. The number of anilines is 1. The fourth-order valence-electron chi connectivity index (χ4n) is 2.09. The van der Waals surface area contributed by atoms with Gasteiger partial charge in [0.25, 0.3) is 0 Å². The second-order valence-corrected chi connectivity index (χ2v) is 5.23. The number of amides is 1. The van der Waals surface area contributed by atoms with Crippen molar-refractivity contribution in [1.82, 2.24) is 0 Å². The zero-order chi connectivity index (χ0) is 17.4. The van der Waals surface area contributed by atoms with E-state index in [0.29, 0.717) is 30.0 Å². The third kappa shape index (κ3) is 6.08. The van der Waals surface area contributed by atoms with Gasteiger partial charge in [0.05, 0.1) is 13.0 Å². The summed E-state index contributed by atoms with van der Waals surface area (Å²) in [5.74, 6) is -0.862. The smallest absolute Gasteiger partial charge is 0.303 e. The molecule has 0 aliphatic heterocycles. The number of carbonyl (C=O) groups is 2. The summed E-state index contributed by atoms with van der Waals surface area (Å²) in [5.41, 5.74) is 1.21. The molecule has 0 aromatic heterocycles. The van der Waals surface area contributed by atoms with Gasteiger partial charge in [0.1, 0.15) is 11.6 Å². The van der Waals surface area contributed by atoms with Gasteiger partial charge in [-0.1, -0.05) is 12.1 Å². The van der Waals surface area contributed by atoms with Crippen molar-refractivity contribution in [2.75, 3.05) is 11.9 Å². The largest absolute Gasteiger partial charge is 0.494 e. The van der Waals surface area contributed by atoms with Crippen molar-refractivity contribution in [1.29, 1.82) is 0 Å². The van der Waals surface area contributed by atoms with Crippen LogP contribution in [0.2, 0.25) is 0 Å². The number of ether oxygens (including phenoxy) is 1. The van der Waals surface area contributed by atoms with Crippen LogP contribution in [0.5, 0.6) is 5.75 Å². The van der Waals surface area contributed by atoms with Gasteiger partial charge in [-0.15, -0.1) is 0 Å². The average molecular weight is 331 g/mol. The second-order valence-electron chi connectivity index (χ2n) is 5.23. The zero-order valence-electron chi connectivity index (χ0n) is 13.0. The van der Waals surface area contributed by atoms with Crippen molar-refractivity contribution in [2.24, 2.45) is 0 Å². The molecule has 0 radical (unpaired) electrons. The van der Waals surface area contributed by atoms with Crippen LogP contribution in [0.4, 0.5) is 10.1 Å². The lowest BCUT2D eigenvalue weighted by Crippen LogP contribution is -2.14. The van der Waals surface area contributed by atoms with Crippen LogP contribution in [0, 0.1) is 5.82 Å². The third-order valence-electron chi connectivity index (χ3n) is 3.20. The quantitative estimate of drug-likeness (QED) is 0.728. The second kappa shape index (κ2) is 8.67. The summed E-state index contributed by atoms with van der Waals surface area (Å²) in [5, 5.41) is 11.3. The van der Waals surface area contributed by atoms with E-state index in [2.05, 4.69) is 5.32 Å². The summed E-state index contributed by atoms with van der Waals surface area (Å²) < 4.78 is 18.5. The maximum Gasteiger partial charge on any atom is 0.303 e. The maximum absolute atomic E-state index is 13.1. The fourth-order valence-corrected chi connectivity index (χ4v) is 2.09. The van der Waals surface area contributed by atoms with E-state index < -0.39 is 5.97 Å². The molecular formula is C18H18FNO4. The minimum atomic E-state index is -0.852. The maximum atomic E-state index is 13.1. The van der Waals surface area contributed by atoms with Crippen LogP contribution in [0.3, 0.4) is 0 Å². The van der Waals surface area contributed by atoms with E-state index in [9.17, 15) is 14.0 Å². The Bertz CT molecular complexity index is 700. The highest BCUT2D eigenvalue weighted by Crippen LogP contribution is 2.16. The molecule has 0 spiro atoms. The van der Waals surface area contributed by atoms with Crippen LogP contribution in [-0.4, -0.2) is 23.6 Å². The van der Waals surface area contributed by atoms with E-state index in [1.165, 1.54) is 12.1 Å². The molecule has 1 amide bonds. The molecule has 6 heteroatoms. The molecule has 2 aromatic carbocycles. The standard InChI is InChI=1S/C18H18FNO4/c19-14-4-1-3-13(11-14)12-17(21)20-15-6-8-16(9-7-15)24-10-2-5-18(22)23/h1,3-4,6-9,11H,2,5,10,12H2,(H,20,21)(H,22,23). The van der Waals surface area contributed by atoms with Gasteiger partial charge in [0, 0.05) is 12.1 Å². The van der Waals surface area contributed by atoms with Crippen LogP contribution >= 0.6 is 0 Å². The highest BCUT2D eigenvalue weighted by molar-refractivity contribution is 5.92. The molecule has 2 N–H and O–H groups in total. The number of carboxylic acid groups (broad SMARTS) is 1. The minimum absolute atomic E-state index is 0.0637. The van der Waals surface area contributed by atoms with Gasteiger partial charge in [0.2, 0.25) is 5.91 Å². The number of rotatable bonds is 8. The number of carbonyl (C=O) groups excluding carboxylic acids is 1. The summed E-state index contributed by atoms with van der Waals surface area (Å²) in [4.78, 5) is 22.3. The van der Waals surface area contributed by atoms with Gasteiger partial charge in [-0.25, -0.2) is 4.39 Å². The van der Waals surface area contributed by atoms with Crippen LogP contribution in [0.25, 0.3) is 0 Å². The number of halogens is 1. The number of carboxylic acids is 1. The van der Waals surface area contributed by atoms with Crippen LogP contribution in [-0.2, 0) is 16.0 Å². The Morgan fingerprint density at radius 1 is 1.12 bits per heavy atom. The van der Waals surface area contributed by atoms with Crippen molar-refractivity contribution in [3.8, 4) is 5.75 Å². The van der Waals surface area contributed by atoms with Gasteiger partial charge in [-0.3, -0.25) is 9.59 Å². The Kier molecular flexibility index (Phi) is 6.31. The fraction of sp³-hybridized carbons (Fsp3) is 0.222. The lowest BCUT2D eigenvalue weighted by molar-refractivity contribution is -0.137. The molecule has 126 valence electrons. The number of nitrogens with one attached hydrogen (secondary N) is 1. The van der Waals surface area contributed by atoms with E-state index >= 15 is 0 Å². The highest BCUT2D eigenvalue weighted by Gasteiger charge is 2.05. The lowest BCUT2D eigenvalue weighted by atomic mass is 10.1. The molecule has 0 bridgehead atoms. The summed E-state index contributed by atoms with van der Waals surface area (Å²) >= 11 is 0. The first-order valence-corrected chi connectivity index (χ1v) is 7.52. The van der Waals surface area contributed by atoms with E-state index in [1.807, 2.05) is 0 Å². The normalized spacial score (nSPS) is 10.2. The van der Waals surface area contributed by atoms with E-state index in [1.54, 1.807) is 36.4 Å². The van der Waals surface area contributed by atoms with Crippen molar-refractivity contribution < 1.29 is 23.8 Å². The zero-order valence-corrected chi connectivity index (χ0v) is 13.0. The van der Waals surface area contributed by atoms with Gasteiger partial charge >= 0.3 is 5.97 Å². The van der Waals surface area contributed by atoms with Crippen LogP contribution in [0.1, 0.15) is 18.4 Å². The van der Waals surface area contributed by atoms with E-state index in [-0.39, 0.29) is 24.6 Å². The first-order chi connectivity index (χ1) is 11.5. The number of hydrogen-bond acceptors (Lipinski definition) is 3. The molecule has 24 heavy (non-hydrogen) atoms. The Morgan fingerprint density at radius 2 is 1.88 bits per heavy atom. The summed E-state index contributed by atoms with van der Waals surface area (Å²) in [6.45, 7) is 0.317. The van der Waals surface area contributed by atoms with Crippen LogP contribution < -0.4 is 10.1 Å². The van der Waals surface area contributed by atoms with E-state index in [4.69, 9.17) is 9.84 Å². The van der Waals surface area contributed by atoms with Gasteiger partial charge in [-0.2, -0.15) is 0 Å². The Morgan fingerprint density at radius 3 is 2.54 bits per heavy atom. The van der Waals surface area contributed by atoms with Crippen molar-refractivity contribution in [3.05, 3.63) is 59.9 Å². The molecule has 0 atom stereocenters. The van der Waals surface area contributed by atoms with E-state index in [0.717, 1.165) is 0 Å². The predicted octanol–water partition coefficient (Wildman–Crippen LogP) is 3.25. The van der Waals surface area contributed by atoms with Gasteiger partial charge < -0.3 is 15.2 Å². The summed E-state index contributed by atoms with van der Waals surface area (Å²) in [6.07, 6.45) is 0.584. The SMILES string of the molecule is O=C(O)CCCOc1ccc(NC(=O)Cc2cccc(F)c2)cc1. The summed E-state index contributed by atoms with van der Waals surface area (Å²) in [6, 6.07) is 12.7. The minimum Gasteiger partial charge on any atom is -0.494 e. The third-order valence-corrected chi connectivity index (χ3v) is 3.20. The number of hydrogen-bond donors (Lipinski definition) is 2. The molecule has 0 fully saturated rings. The monoisotopic (exact) mass is 331 g/mol. The topological polar surface area (TPSA) is 75.6 Å². The van der Waals surface area contributed by atoms with Crippen molar-refractivity contribution in [2.45, 2.75) is 19.3 Å². The lowest BCUT2D eigenvalue weighted by Gasteiger charge is -2.08. The Balaban J connectivity index is 1.80. The van der Waals surface area contributed by atoms with Crippen molar-refractivity contribution >= 4 is 17.6 Å². The molecule has 0 aliphatic rings. The van der Waals surface area contributed by atoms with Gasteiger partial charge in [0.15, 0.2) is 0 Å². The molecule has 2 rings (SSSR count). The molecule has 0 saturated carbocycles. The molecular weight excluding hydrogens is 313 g/mol. The Hall–Kier alpha value is -2.89.